The van der Waals surface area contributed by atoms with Crippen LogP contribution in [0.15, 0.2) is 29.2 Å². The second-order valence-corrected chi connectivity index (χ2v) is 11.1. The summed E-state index contributed by atoms with van der Waals surface area (Å²) >= 11 is 6.39. The molecule has 202 valence electrons. The number of ether oxygens (including phenoxy) is 1. The molecule has 0 radical (unpaired) electrons. The number of benzene rings is 1. The van der Waals surface area contributed by atoms with Crippen molar-refractivity contribution in [1.29, 1.82) is 0 Å². The highest BCUT2D eigenvalue weighted by molar-refractivity contribution is 6.32. The molecule has 2 N–H and O–H groups in total. The number of anilines is 4. The highest BCUT2D eigenvalue weighted by atomic mass is 35.5. The van der Waals surface area contributed by atoms with Crippen molar-refractivity contribution in [2.45, 2.75) is 44.3 Å². The molecule has 1 aliphatic carbocycles. The fraction of sp³-hybridized carbons (Fsp3) is 0.500. The van der Waals surface area contributed by atoms with Gasteiger partial charge >= 0.3 is 5.92 Å². The first-order valence-electron chi connectivity index (χ1n) is 12.7. The maximum atomic E-state index is 14.9. The number of halogens is 4. The van der Waals surface area contributed by atoms with Gasteiger partial charge in [-0.1, -0.05) is 18.5 Å². The Labute approximate surface area is 222 Å². The minimum absolute atomic E-state index is 0.123. The van der Waals surface area contributed by atoms with Gasteiger partial charge in [0.25, 0.3) is 5.56 Å². The van der Waals surface area contributed by atoms with E-state index in [1.54, 1.807) is 30.1 Å². The van der Waals surface area contributed by atoms with Crippen LogP contribution in [0.3, 0.4) is 0 Å². The first-order chi connectivity index (χ1) is 18.1. The van der Waals surface area contributed by atoms with Gasteiger partial charge in [-0.3, -0.25) is 4.79 Å². The molecule has 1 saturated heterocycles. The van der Waals surface area contributed by atoms with Crippen molar-refractivity contribution in [3.63, 3.8) is 0 Å². The zero-order valence-corrected chi connectivity index (χ0v) is 21.7. The molecule has 38 heavy (non-hydrogen) atoms. The van der Waals surface area contributed by atoms with Gasteiger partial charge in [0.2, 0.25) is 11.7 Å². The number of alkyl halides is 3. The average Bonchev–Trinajstić information content (AvgIpc) is 3.71. The Bertz CT molecular complexity index is 1450. The van der Waals surface area contributed by atoms with Crippen LogP contribution >= 0.6 is 11.6 Å². The van der Waals surface area contributed by atoms with E-state index in [0.717, 1.165) is 0 Å². The molecule has 6 rings (SSSR count). The highest BCUT2D eigenvalue weighted by Crippen LogP contribution is 2.45. The Morgan fingerprint density at radius 2 is 2.05 bits per heavy atom. The summed E-state index contributed by atoms with van der Waals surface area (Å²) in [6, 6.07) is 4.10. The van der Waals surface area contributed by atoms with E-state index < -0.39 is 30.3 Å². The van der Waals surface area contributed by atoms with Gasteiger partial charge in [0.1, 0.15) is 11.2 Å². The summed E-state index contributed by atoms with van der Waals surface area (Å²) in [5.41, 5.74) is 0.895. The molecule has 1 aromatic carbocycles. The Balaban J connectivity index is 1.38. The number of pyridine rings is 1. The first-order valence-corrected chi connectivity index (χ1v) is 13.1. The average molecular weight is 549 g/mol. The van der Waals surface area contributed by atoms with E-state index in [4.69, 9.17) is 16.3 Å². The summed E-state index contributed by atoms with van der Waals surface area (Å²) in [6.07, 6.45) is 2.41. The van der Waals surface area contributed by atoms with Crippen LogP contribution in [-0.2, 0) is 7.05 Å². The van der Waals surface area contributed by atoms with Crippen molar-refractivity contribution in [3.05, 3.63) is 39.8 Å². The minimum atomic E-state index is -3.12. The molecule has 2 aliphatic heterocycles. The zero-order chi connectivity index (χ0) is 26.8. The van der Waals surface area contributed by atoms with Gasteiger partial charge in [0.05, 0.1) is 30.0 Å². The molecule has 0 amide bonds. The Kier molecular flexibility index (Phi) is 6.08. The maximum absolute atomic E-state index is 14.9. The van der Waals surface area contributed by atoms with Gasteiger partial charge in [-0.2, -0.15) is 4.98 Å². The van der Waals surface area contributed by atoms with Crippen LogP contribution in [0.4, 0.5) is 36.3 Å². The molecule has 1 unspecified atom stereocenters. The predicted octanol–water partition coefficient (Wildman–Crippen LogP) is 5.13. The molecule has 3 aromatic rings. The minimum Gasteiger partial charge on any atom is -0.480 e. The number of fused-ring (bicyclic) bond motifs is 3. The molecule has 0 bridgehead atoms. The summed E-state index contributed by atoms with van der Waals surface area (Å²) in [6.45, 7) is 1.97. The van der Waals surface area contributed by atoms with Crippen molar-refractivity contribution in [2.75, 3.05) is 35.2 Å². The Hall–Kier alpha value is -3.21. The first kappa shape index (κ1) is 25.1. The molecule has 12 heteroatoms. The number of aromatic nitrogens is 3. The second kappa shape index (κ2) is 9.21. The fourth-order valence-corrected chi connectivity index (χ4v) is 5.60. The van der Waals surface area contributed by atoms with Gasteiger partial charge in [0, 0.05) is 24.7 Å². The predicted molar refractivity (Wildman–Crippen MR) is 141 cm³/mol. The SMILES string of the molecule is C[C@H]1C[C@@H](F)CN(c2ncc(Cl)c(Nc3ccc4c(c3)c3c(c(=O)n4C)OCC(F)(F)C(C4CC4)N3)n2)C1. The van der Waals surface area contributed by atoms with E-state index in [-0.39, 0.29) is 34.8 Å². The van der Waals surface area contributed by atoms with E-state index >= 15 is 0 Å². The van der Waals surface area contributed by atoms with Gasteiger partial charge in [0.15, 0.2) is 12.4 Å². The summed E-state index contributed by atoms with van der Waals surface area (Å²) in [7, 11) is 1.58. The van der Waals surface area contributed by atoms with Crippen molar-refractivity contribution in [3.8, 4) is 5.75 Å². The number of nitrogens with zero attached hydrogens (tertiary/aromatic N) is 4. The number of aryl methyl sites for hydroxylation is 1. The van der Waals surface area contributed by atoms with E-state index in [1.807, 2.05) is 6.92 Å². The molecule has 2 fully saturated rings. The van der Waals surface area contributed by atoms with Crippen LogP contribution in [0.1, 0.15) is 26.2 Å². The van der Waals surface area contributed by atoms with Crippen LogP contribution < -0.4 is 25.8 Å². The van der Waals surface area contributed by atoms with Gasteiger partial charge in [-0.15, -0.1) is 0 Å². The van der Waals surface area contributed by atoms with Crippen LogP contribution in [0.25, 0.3) is 10.9 Å². The Morgan fingerprint density at radius 1 is 1.26 bits per heavy atom. The van der Waals surface area contributed by atoms with Crippen LogP contribution in [0, 0.1) is 11.8 Å². The highest BCUT2D eigenvalue weighted by Gasteiger charge is 2.51. The normalized spacial score (nSPS) is 24.8. The third-order valence-electron chi connectivity index (χ3n) is 7.50. The number of nitrogens with one attached hydrogen (secondary N) is 2. The van der Waals surface area contributed by atoms with Gasteiger partial charge in [-0.25, -0.2) is 18.2 Å². The summed E-state index contributed by atoms with van der Waals surface area (Å²) in [4.78, 5) is 23.7. The van der Waals surface area contributed by atoms with E-state index in [9.17, 15) is 18.0 Å². The molecule has 3 atom stereocenters. The summed E-state index contributed by atoms with van der Waals surface area (Å²) < 4.78 is 50.8. The number of rotatable bonds is 4. The quantitative estimate of drug-likeness (QED) is 0.468. The Morgan fingerprint density at radius 3 is 2.79 bits per heavy atom. The van der Waals surface area contributed by atoms with Crippen molar-refractivity contribution in [2.24, 2.45) is 18.9 Å². The standard InChI is InChI=1S/C26H28ClF3N6O2/c1-13-7-15(28)11-36(10-13)25-31-9-18(27)23(34-25)32-16-5-6-19-17(8-16)20-21(24(37)35(19)2)38-12-26(29,30)22(33-20)14-3-4-14/h5-6,8-9,13-15,22,33H,3-4,7,10-12H2,1-2H3,(H,31,32,34)/t13-,15+,22?/m0/s1. The smallest absolute Gasteiger partial charge is 0.301 e. The largest absolute Gasteiger partial charge is 0.480 e. The lowest BCUT2D eigenvalue weighted by Gasteiger charge is -2.33. The molecule has 0 spiro atoms. The topological polar surface area (TPSA) is 84.3 Å². The lowest BCUT2D eigenvalue weighted by Crippen LogP contribution is -2.44. The maximum Gasteiger partial charge on any atom is 0.301 e. The number of hydrogen-bond acceptors (Lipinski definition) is 7. The van der Waals surface area contributed by atoms with E-state index in [0.29, 0.717) is 54.2 Å². The second-order valence-electron chi connectivity index (χ2n) is 10.6. The zero-order valence-electron chi connectivity index (χ0n) is 21.0. The third kappa shape index (κ3) is 4.50. The van der Waals surface area contributed by atoms with Gasteiger partial charge < -0.3 is 24.8 Å². The van der Waals surface area contributed by atoms with Crippen molar-refractivity contribution in [1.82, 2.24) is 14.5 Å². The molecule has 3 aliphatic rings. The molecular formula is C26H28ClF3N6O2. The number of piperidine rings is 1. The molecular weight excluding hydrogens is 521 g/mol. The number of hydrogen-bond donors (Lipinski definition) is 2. The van der Waals surface area contributed by atoms with Gasteiger partial charge in [-0.05, 0) is 49.3 Å². The van der Waals surface area contributed by atoms with E-state index in [2.05, 4.69) is 20.6 Å². The van der Waals surface area contributed by atoms with E-state index in [1.165, 1.54) is 10.8 Å². The van der Waals surface area contributed by atoms with Crippen LogP contribution in [0.2, 0.25) is 5.02 Å². The molecule has 4 heterocycles. The summed E-state index contributed by atoms with van der Waals surface area (Å²) in [5, 5.41) is 6.97. The molecule has 2 aromatic heterocycles. The van der Waals surface area contributed by atoms with Crippen molar-refractivity contribution < 1.29 is 17.9 Å². The van der Waals surface area contributed by atoms with Crippen LogP contribution in [0.5, 0.6) is 5.75 Å². The molecule has 8 nitrogen and oxygen atoms in total. The lowest BCUT2D eigenvalue weighted by atomic mass is 9.99. The van der Waals surface area contributed by atoms with Crippen molar-refractivity contribution >= 4 is 45.6 Å². The third-order valence-corrected chi connectivity index (χ3v) is 7.77. The molecule has 1 saturated carbocycles. The summed E-state index contributed by atoms with van der Waals surface area (Å²) in [5.74, 6) is -2.57. The lowest BCUT2D eigenvalue weighted by molar-refractivity contribution is -0.0579. The van der Waals surface area contributed by atoms with Crippen LogP contribution in [-0.4, -0.2) is 52.4 Å². The fourth-order valence-electron chi connectivity index (χ4n) is 5.46. The monoisotopic (exact) mass is 548 g/mol.